The molecule has 1 aliphatic carbocycles. The zero-order chi connectivity index (χ0) is 15.5. The molecule has 2 atom stereocenters. The van der Waals surface area contributed by atoms with Crippen LogP contribution in [0.3, 0.4) is 0 Å². The number of benzene rings is 1. The van der Waals surface area contributed by atoms with E-state index in [-0.39, 0.29) is 10.6 Å². The van der Waals surface area contributed by atoms with Gasteiger partial charge in [0.1, 0.15) is 4.33 Å². The molecule has 0 heterocycles. The van der Waals surface area contributed by atoms with Crippen LogP contribution >= 0.6 is 46.4 Å². The second-order valence-electron chi connectivity index (χ2n) is 4.33. The molecule has 0 aliphatic heterocycles. The first kappa shape index (κ1) is 16.0. The maximum atomic E-state index is 12.8. The van der Waals surface area contributed by atoms with Crippen LogP contribution in [-0.2, 0) is 11.0 Å². The van der Waals surface area contributed by atoms with Crippen LogP contribution in [0.4, 0.5) is 13.2 Å². The van der Waals surface area contributed by atoms with Crippen molar-refractivity contribution in [2.24, 2.45) is 5.92 Å². The third kappa shape index (κ3) is 2.56. The van der Waals surface area contributed by atoms with Crippen LogP contribution in [0.15, 0.2) is 12.1 Å². The monoisotopic (exact) mass is 366 g/mol. The minimum Gasteiger partial charge on any atom is -0.481 e. The average molecular weight is 368 g/mol. The molecule has 1 aliphatic rings. The van der Waals surface area contributed by atoms with Crippen molar-refractivity contribution in [2.75, 3.05) is 0 Å². The Morgan fingerprint density at radius 2 is 1.80 bits per heavy atom. The molecule has 0 bridgehead atoms. The molecule has 0 radical (unpaired) electrons. The summed E-state index contributed by atoms with van der Waals surface area (Å²) >= 11 is 22.7. The zero-order valence-electron chi connectivity index (χ0n) is 9.31. The Hall–Kier alpha value is -0.360. The molecule has 20 heavy (non-hydrogen) atoms. The third-order valence-electron chi connectivity index (χ3n) is 3.03. The van der Waals surface area contributed by atoms with Gasteiger partial charge in [0.2, 0.25) is 0 Å². The van der Waals surface area contributed by atoms with E-state index in [2.05, 4.69) is 0 Å². The fraction of sp³-hybridized carbons (Fsp3) is 0.364. The molecule has 1 aromatic carbocycles. The Morgan fingerprint density at radius 3 is 2.20 bits per heavy atom. The number of alkyl halides is 5. The molecule has 1 fully saturated rings. The van der Waals surface area contributed by atoms with E-state index < -0.39 is 38.9 Å². The second kappa shape index (κ2) is 4.83. The predicted molar refractivity (Wildman–Crippen MR) is 69.8 cm³/mol. The number of carbonyl (C=O) groups is 1. The minimum absolute atomic E-state index is 0.0101. The van der Waals surface area contributed by atoms with Crippen molar-refractivity contribution < 1.29 is 23.1 Å². The fourth-order valence-corrected chi connectivity index (χ4v) is 3.31. The van der Waals surface area contributed by atoms with Gasteiger partial charge in [-0.05, 0) is 17.7 Å². The van der Waals surface area contributed by atoms with Gasteiger partial charge in [-0.1, -0.05) is 46.4 Å². The van der Waals surface area contributed by atoms with Crippen molar-refractivity contribution in [1.82, 2.24) is 0 Å². The summed E-state index contributed by atoms with van der Waals surface area (Å²) in [5.41, 5.74) is -1.16. The summed E-state index contributed by atoms with van der Waals surface area (Å²) in [7, 11) is 0. The van der Waals surface area contributed by atoms with Crippen LogP contribution in [-0.4, -0.2) is 15.4 Å². The van der Waals surface area contributed by atoms with Crippen molar-refractivity contribution in [1.29, 1.82) is 0 Å². The number of hydrogen-bond donors (Lipinski definition) is 1. The molecule has 9 heteroatoms. The Labute approximate surface area is 131 Å². The number of halogens is 7. The zero-order valence-corrected chi connectivity index (χ0v) is 12.3. The van der Waals surface area contributed by atoms with Gasteiger partial charge in [-0.25, -0.2) is 0 Å². The van der Waals surface area contributed by atoms with Gasteiger partial charge in [-0.15, -0.1) is 0 Å². The van der Waals surface area contributed by atoms with Crippen molar-refractivity contribution in [2.45, 2.75) is 16.4 Å². The number of aliphatic carboxylic acids is 1. The van der Waals surface area contributed by atoms with Crippen LogP contribution in [0.2, 0.25) is 10.0 Å². The number of carboxylic acid groups (broad SMARTS) is 1. The minimum atomic E-state index is -4.72. The van der Waals surface area contributed by atoms with Gasteiger partial charge in [-0.3, -0.25) is 4.79 Å². The number of rotatable bonds is 2. The number of hydrogen-bond acceptors (Lipinski definition) is 1. The smallest absolute Gasteiger partial charge is 0.417 e. The molecule has 0 spiro atoms. The third-order valence-corrected chi connectivity index (χ3v) is 4.78. The molecule has 2 unspecified atom stereocenters. The average Bonchev–Trinajstić information content (AvgIpc) is 2.84. The first-order valence-corrected chi connectivity index (χ1v) is 6.66. The molecule has 1 aromatic rings. The van der Waals surface area contributed by atoms with Crippen molar-refractivity contribution in [3.05, 3.63) is 33.3 Å². The molecule has 2 nitrogen and oxygen atoms in total. The first-order chi connectivity index (χ1) is 8.98. The summed E-state index contributed by atoms with van der Waals surface area (Å²) in [5.74, 6) is -3.46. The van der Waals surface area contributed by atoms with Gasteiger partial charge < -0.3 is 5.11 Å². The van der Waals surface area contributed by atoms with Crippen LogP contribution in [0, 0.1) is 5.92 Å². The highest BCUT2D eigenvalue weighted by Gasteiger charge is 2.68. The molecule has 0 amide bonds. The number of carboxylic acids is 1. The summed E-state index contributed by atoms with van der Waals surface area (Å²) < 4.78 is 36.8. The van der Waals surface area contributed by atoms with E-state index in [1.165, 1.54) is 0 Å². The summed E-state index contributed by atoms with van der Waals surface area (Å²) in [6.07, 6.45) is -4.72. The van der Waals surface area contributed by atoms with E-state index in [0.717, 1.165) is 12.1 Å². The van der Waals surface area contributed by atoms with Crippen molar-refractivity contribution in [3.8, 4) is 0 Å². The van der Waals surface area contributed by atoms with E-state index in [9.17, 15) is 18.0 Å². The van der Waals surface area contributed by atoms with Gasteiger partial charge in [0.05, 0.1) is 21.5 Å². The largest absolute Gasteiger partial charge is 0.481 e. The summed E-state index contributed by atoms with van der Waals surface area (Å²) in [6.45, 7) is 0. The van der Waals surface area contributed by atoms with E-state index in [1.807, 2.05) is 0 Å². The van der Waals surface area contributed by atoms with E-state index in [4.69, 9.17) is 51.5 Å². The molecule has 1 N–H and O–H groups in total. The van der Waals surface area contributed by atoms with Crippen LogP contribution in [0.25, 0.3) is 0 Å². The summed E-state index contributed by atoms with van der Waals surface area (Å²) in [4.78, 5) is 10.9. The quantitative estimate of drug-likeness (QED) is 0.748. The van der Waals surface area contributed by atoms with E-state index in [0.29, 0.717) is 0 Å². The molecule has 0 aromatic heterocycles. The Balaban J connectivity index is 2.51. The molecular formula is C11H5Cl4F3O2. The van der Waals surface area contributed by atoms with Crippen molar-refractivity contribution in [3.63, 3.8) is 0 Å². The fourth-order valence-electron chi connectivity index (χ4n) is 2.04. The van der Waals surface area contributed by atoms with Gasteiger partial charge in [0, 0.05) is 5.92 Å². The first-order valence-electron chi connectivity index (χ1n) is 5.14. The van der Waals surface area contributed by atoms with E-state index >= 15 is 0 Å². The molecule has 110 valence electrons. The highest BCUT2D eigenvalue weighted by atomic mass is 35.5. The Morgan fingerprint density at radius 1 is 1.25 bits per heavy atom. The molecule has 0 saturated heterocycles. The van der Waals surface area contributed by atoms with Crippen LogP contribution in [0.1, 0.15) is 17.0 Å². The highest BCUT2D eigenvalue weighted by molar-refractivity contribution is 6.53. The lowest BCUT2D eigenvalue weighted by Crippen LogP contribution is -2.07. The van der Waals surface area contributed by atoms with Gasteiger partial charge in [0.25, 0.3) is 0 Å². The lowest BCUT2D eigenvalue weighted by Gasteiger charge is -2.12. The topological polar surface area (TPSA) is 37.3 Å². The summed E-state index contributed by atoms with van der Waals surface area (Å²) in [6, 6.07) is 1.87. The van der Waals surface area contributed by atoms with E-state index in [1.54, 1.807) is 0 Å². The summed E-state index contributed by atoms with van der Waals surface area (Å²) in [5, 5.41) is 7.94. The highest BCUT2D eigenvalue weighted by Crippen LogP contribution is 2.65. The van der Waals surface area contributed by atoms with Crippen molar-refractivity contribution >= 4 is 52.4 Å². The maximum Gasteiger partial charge on any atom is 0.417 e. The molecular weight excluding hydrogens is 363 g/mol. The van der Waals surface area contributed by atoms with Gasteiger partial charge in [0.15, 0.2) is 0 Å². The van der Waals surface area contributed by atoms with Gasteiger partial charge >= 0.3 is 12.1 Å². The van der Waals surface area contributed by atoms with Crippen LogP contribution < -0.4 is 0 Å². The Bertz CT molecular complexity index is 586. The lowest BCUT2D eigenvalue weighted by molar-refractivity contribution is -0.138. The molecule has 1 saturated carbocycles. The maximum absolute atomic E-state index is 12.8. The second-order valence-corrected chi connectivity index (χ2v) is 6.56. The SMILES string of the molecule is O=C(O)C1C(c2cc(Cl)c(Cl)c(C(F)(F)F)c2)C1(Cl)Cl. The Kier molecular flexibility index (Phi) is 3.87. The standard InChI is InChI=1S/C11H5Cl4F3O2/c12-5-2-3(1-4(8(5)13)11(16,17)18)6-7(9(19)20)10(6,14)15/h1-2,6-7H,(H,19,20). The molecule has 2 rings (SSSR count). The normalized spacial score (nSPS) is 24.6. The van der Waals surface area contributed by atoms with Gasteiger partial charge in [-0.2, -0.15) is 13.2 Å². The predicted octanol–water partition coefficient (Wildman–Crippen LogP) is 4.98. The lowest BCUT2D eigenvalue weighted by atomic mass is 10.1. The van der Waals surface area contributed by atoms with Crippen LogP contribution in [0.5, 0.6) is 0 Å².